The van der Waals surface area contributed by atoms with Gasteiger partial charge in [0.1, 0.15) is 6.54 Å². The number of carbonyl (C=O) groups is 1. The third-order valence-corrected chi connectivity index (χ3v) is 4.74. The Morgan fingerprint density at radius 1 is 1.24 bits per heavy atom. The molecule has 1 aromatic heterocycles. The van der Waals surface area contributed by atoms with Crippen LogP contribution in [0.5, 0.6) is 0 Å². The van der Waals surface area contributed by atoms with Gasteiger partial charge < -0.3 is 14.4 Å². The van der Waals surface area contributed by atoms with E-state index < -0.39 is 0 Å². The monoisotopic (exact) mass is 352 g/mol. The highest BCUT2D eigenvalue weighted by molar-refractivity contribution is 5.75. The van der Waals surface area contributed by atoms with E-state index in [-0.39, 0.29) is 18.6 Å². The van der Waals surface area contributed by atoms with Gasteiger partial charge in [-0.15, -0.1) is 5.10 Å². The van der Waals surface area contributed by atoms with E-state index in [1.165, 1.54) is 25.7 Å². The number of likely N-dealkylation sites (N-methyl/N-ethyl adjacent to an activating group) is 1. The molecule has 0 radical (unpaired) electrons. The third kappa shape index (κ3) is 5.45. The Labute approximate surface area is 148 Å². The Balaban J connectivity index is 1.51. The summed E-state index contributed by atoms with van der Waals surface area (Å²) in [6.07, 6.45) is 4.95. The van der Waals surface area contributed by atoms with Crippen molar-refractivity contribution in [3.8, 4) is 0 Å². The average molecular weight is 352 g/mol. The molecule has 2 fully saturated rings. The first-order valence-electron chi connectivity index (χ1n) is 9.13. The molecule has 2 aliphatic rings. The van der Waals surface area contributed by atoms with Crippen LogP contribution >= 0.6 is 0 Å². The quantitative estimate of drug-likeness (QED) is 0.708. The molecule has 0 spiro atoms. The normalized spacial score (nSPS) is 22.5. The van der Waals surface area contributed by atoms with Crippen LogP contribution in [-0.2, 0) is 27.4 Å². The summed E-state index contributed by atoms with van der Waals surface area (Å²) in [7, 11) is 1.78. The Kier molecular flexibility index (Phi) is 6.71. The summed E-state index contributed by atoms with van der Waals surface area (Å²) in [5.41, 5.74) is 0. The molecule has 0 aromatic carbocycles. The lowest BCUT2D eigenvalue weighted by Crippen LogP contribution is -2.42. The maximum Gasteiger partial charge on any atom is 0.244 e. The van der Waals surface area contributed by atoms with Crippen molar-refractivity contribution in [2.75, 3.05) is 46.5 Å². The number of aromatic nitrogens is 4. The Morgan fingerprint density at radius 2 is 2.04 bits per heavy atom. The van der Waals surface area contributed by atoms with E-state index >= 15 is 0 Å². The van der Waals surface area contributed by atoms with Gasteiger partial charge in [0.05, 0.1) is 32.5 Å². The second-order valence-electron chi connectivity index (χ2n) is 6.79. The molecule has 1 aromatic rings. The van der Waals surface area contributed by atoms with Gasteiger partial charge in [0.25, 0.3) is 0 Å². The van der Waals surface area contributed by atoms with Crippen molar-refractivity contribution >= 4 is 5.91 Å². The zero-order valence-electron chi connectivity index (χ0n) is 15.0. The van der Waals surface area contributed by atoms with E-state index in [0.717, 1.165) is 18.9 Å². The fraction of sp³-hybridized carbons (Fsp3) is 0.875. The van der Waals surface area contributed by atoms with Crippen molar-refractivity contribution in [3.05, 3.63) is 5.82 Å². The Hall–Kier alpha value is -1.58. The molecule has 3 heterocycles. The number of tetrazole rings is 1. The van der Waals surface area contributed by atoms with Gasteiger partial charge in [-0.2, -0.15) is 0 Å². The molecule has 1 unspecified atom stereocenters. The largest absolute Gasteiger partial charge is 0.376 e. The smallest absolute Gasteiger partial charge is 0.244 e. The minimum atomic E-state index is -0.0619. The summed E-state index contributed by atoms with van der Waals surface area (Å²) in [5.74, 6) is 0.722. The molecule has 140 valence electrons. The van der Waals surface area contributed by atoms with Crippen LogP contribution in [0.1, 0.15) is 31.5 Å². The summed E-state index contributed by atoms with van der Waals surface area (Å²) in [6, 6.07) is 0. The van der Waals surface area contributed by atoms with Gasteiger partial charge in [-0.1, -0.05) is 12.8 Å². The molecule has 2 saturated heterocycles. The molecule has 0 aliphatic carbocycles. The van der Waals surface area contributed by atoms with Crippen molar-refractivity contribution in [2.24, 2.45) is 0 Å². The molecular weight excluding hydrogens is 324 g/mol. The molecule has 1 atom stereocenters. The number of rotatable bonds is 6. The molecule has 2 aliphatic heterocycles. The minimum Gasteiger partial charge on any atom is -0.376 e. The van der Waals surface area contributed by atoms with Crippen LogP contribution in [0.25, 0.3) is 0 Å². The predicted octanol–water partition coefficient (Wildman–Crippen LogP) is -0.0771. The van der Waals surface area contributed by atoms with Crippen molar-refractivity contribution in [3.63, 3.8) is 0 Å². The summed E-state index contributed by atoms with van der Waals surface area (Å²) < 4.78 is 12.6. The number of nitrogens with zero attached hydrogens (tertiary/aromatic N) is 6. The topological polar surface area (TPSA) is 85.6 Å². The lowest BCUT2D eigenvalue weighted by atomic mass is 10.2. The lowest BCUT2D eigenvalue weighted by molar-refractivity contribution is -0.137. The van der Waals surface area contributed by atoms with Crippen molar-refractivity contribution < 1.29 is 14.3 Å². The number of hydrogen-bond donors (Lipinski definition) is 0. The third-order valence-electron chi connectivity index (χ3n) is 4.74. The van der Waals surface area contributed by atoms with Crippen LogP contribution in [0.4, 0.5) is 0 Å². The van der Waals surface area contributed by atoms with Gasteiger partial charge in [0, 0.05) is 13.6 Å². The zero-order chi connectivity index (χ0) is 17.5. The lowest BCUT2D eigenvalue weighted by Gasteiger charge is -2.27. The van der Waals surface area contributed by atoms with Crippen molar-refractivity contribution in [2.45, 2.75) is 44.9 Å². The van der Waals surface area contributed by atoms with Gasteiger partial charge in [-0.3, -0.25) is 9.69 Å². The van der Waals surface area contributed by atoms with Crippen LogP contribution in [-0.4, -0.2) is 88.5 Å². The predicted molar refractivity (Wildman–Crippen MR) is 89.8 cm³/mol. The molecule has 9 nitrogen and oxygen atoms in total. The van der Waals surface area contributed by atoms with E-state index in [0.29, 0.717) is 32.9 Å². The fourth-order valence-corrected chi connectivity index (χ4v) is 3.25. The molecule has 3 rings (SSSR count). The average Bonchev–Trinajstić information content (AvgIpc) is 2.88. The molecular formula is C16H28N6O3. The van der Waals surface area contributed by atoms with Crippen molar-refractivity contribution in [1.29, 1.82) is 0 Å². The Bertz CT molecular complexity index is 538. The summed E-state index contributed by atoms with van der Waals surface area (Å²) in [5, 5.41) is 11.9. The molecule has 1 amide bonds. The standard InChI is InChI=1S/C16H28N6O3/c1-20(10-14-13-24-8-9-25-14)16(23)12-22-15(17-18-19-22)11-21-6-4-2-3-5-7-21/h14H,2-13H2,1H3. The highest BCUT2D eigenvalue weighted by atomic mass is 16.6. The van der Waals surface area contributed by atoms with E-state index in [4.69, 9.17) is 9.47 Å². The maximum atomic E-state index is 12.5. The number of amides is 1. The highest BCUT2D eigenvalue weighted by Crippen LogP contribution is 2.12. The van der Waals surface area contributed by atoms with Gasteiger partial charge in [-0.05, 0) is 36.4 Å². The van der Waals surface area contributed by atoms with E-state index in [9.17, 15) is 4.79 Å². The first-order valence-corrected chi connectivity index (χ1v) is 9.13. The van der Waals surface area contributed by atoms with Crippen LogP contribution in [0.2, 0.25) is 0 Å². The minimum absolute atomic E-state index is 0.0291. The second-order valence-corrected chi connectivity index (χ2v) is 6.79. The number of hydrogen-bond acceptors (Lipinski definition) is 7. The number of carbonyl (C=O) groups excluding carboxylic acids is 1. The van der Waals surface area contributed by atoms with Crippen LogP contribution in [0, 0.1) is 0 Å². The first-order chi connectivity index (χ1) is 12.2. The second kappa shape index (κ2) is 9.21. The van der Waals surface area contributed by atoms with E-state index in [1.54, 1.807) is 16.6 Å². The SMILES string of the molecule is CN(CC1COCCO1)C(=O)Cn1nnnc1CN1CCCCCC1. The van der Waals surface area contributed by atoms with Crippen molar-refractivity contribution in [1.82, 2.24) is 30.0 Å². The van der Waals surface area contributed by atoms with Gasteiger partial charge >= 0.3 is 0 Å². The zero-order valence-corrected chi connectivity index (χ0v) is 15.0. The maximum absolute atomic E-state index is 12.5. The molecule has 9 heteroatoms. The first kappa shape index (κ1) is 18.2. The summed E-state index contributed by atoms with van der Waals surface area (Å²) >= 11 is 0. The molecule has 0 N–H and O–H groups in total. The van der Waals surface area contributed by atoms with E-state index in [1.807, 2.05) is 0 Å². The molecule has 0 saturated carbocycles. The van der Waals surface area contributed by atoms with Crippen LogP contribution in [0.15, 0.2) is 0 Å². The van der Waals surface area contributed by atoms with Crippen LogP contribution in [0.3, 0.4) is 0 Å². The highest BCUT2D eigenvalue weighted by Gasteiger charge is 2.21. The van der Waals surface area contributed by atoms with Gasteiger partial charge in [0.2, 0.25) is 5.91 Å². The summed E-state index contributed by atoms with van der Waals surface area (Å²) in [4.78, 5) is 16.5. The molecule has 25 heavy (non-hydrogen) atoms. The number of ether oxygens (including phenoxy) is 2. The van der Waals surface area contributed by atoms with Gasteiger partial charge in [0.15, 0.2) is 5.82 Å². The van der Waals surface area contributed by atoms with E-state index in [2.05, 4.69) is 20.4 Å². The van der Waals surface area contributed by atoms with Gasteiger partial charge in [-0.25, -0.2) is 4.68 Å². The number of likely N-dealkylation sites (tertiary alicyclic amines) is 1. The summed E-state index contributed by atoms with van der Waals surface area (Å²) in [6.45, 7) is 5.24. The van der Waals surface area contributed by atoms with Crippen LogP contribution < -0.4 is 0 Å². The molecule has 0 bridgehead atoms. The fourth-order valence-electron chi connectivity index (χ4n) is 3.25. The Morgan fingerprint density at radius 3 is 2.76 bits per heavy atom.